The Morgan fingerprint density at radius 1 is 1.41 bits per heavy atom. The minimum atomic E-state index is 0.634. The first-order valence-corrected chi connectivity index (χ1v) is 6.83. The van der Waals surface area contributed by atoms with E-state index in [0.29, 0.717) is 6.04 Å². The van der Waals surface area contributed by atoms with Gasteiger partial charge in [-0.2, -0.15) is 0 Å². The second-order valence-electron chi connectivity index (χ2n) is 5.37. The van der Waals surface area contributed by atoms with Gasteiger partial charge in [0.15, 0.2) is 0 Å². The molecule has 1 aliphatic carbocycles. The van der Waals surface area contributed by atoms with Crippen LogP contribution < -0.4 is 0 Å². The molecule has 1 aliphatic rings. The smallest absolute Gasteiger partial charge is 0.0338 e. The van der Waals surface area contributed by atoms with Gasteiger partial charge < -0.3 is 4.90 Å². The van der Waals surface area contributed by atoms with Gasteiger partial charge in [0, 0.05) is 17.9 Å². The largest absolute Gasteiger partial charge is 0.349 e. The average molecular weight is 233 g/mol. The first-order valence-electron chi connectivity index (χ1n) is 6.83. The Bertz CT molecular complexity index is 290. The summed E-state index contributed by atoms with van der Waals surface area (Å²) in [6.07, 6.45) is 11.2. The summed E-state index contributed by atoms with van der Waals surface area (Å²) < 4.78 is 0. The minimum Gasteiger partial charge on any atom is -0.349 e. The average Bonchev–Trinajstić information content (AvgIpc) is 2.61. The Morgan fingerprint density at radius 2 is 2.12 bits per heavy atom. The lowest BCUT2D eigenvalue weighted by molar-refractivity contribution is 0.331. The number of hydrogen-bond acceptors (Lipinski definition) is 1. The summed E-state index contributed by atoms with van der Waals surface area (Å²) in [5.41, 5.74) is 1.14. The van der Waals surface area contributed by atoms with Crippen LogP contribution in [0.1, 0.15) is 46.5 Å². The molecule has 0 spiro atoms. The SMILES string of the molecule is C=C/C=C\N(C(=C)C)[C@@H]1CC(CCC)[C@H](C)C1. The van der Waals surface area contributed by atoms with Crippen LogP contribution in [0.5, 0.6) is 0 Å². The van der Waals surface area contributed by atoms with E-state index in [4.69, 9.17) is 0 Å². The molecule has 1 fully saturated rings. The fourth-order valence-corrected chi connectivity index (χ4v) is 3.01. The molecule has 1 nitrogen and oxygen atoms in total. The zero-order chi connectivity index (χ0) is 12.8. The van der Waals surface area contributed by atoms with Gasteiger partial charge in [-0.05, 0) is 37.7 Å². The molecule has 3 atom stereocenters. The van der Waals surface area contributed by atoms with Gasteiger partial charge in [-0.15, -0.1) is 0 Å². The van der Waals surface area contributed by atoms with Crippen molar-refractivity contribution in [2.75, 3.05) is 0 Å². The third-order valence-corrected chi connectivity index (χ3v) is 3.90. The highest BCUT2D eigenvalue weighted by atomic mass is 15.1. The highest BCUT2D eigenvalue weighted by Crippen LogP contribution is 2.38. The van der Waals surface area contributed by atoms with Crippen LogP contribution >= 0.6 is 0 Å². The van der Waals surface area contributed by atoms with Crippen LogP contribution in [0.15, 0.2) is 37.2 Å². The lowest BCUT2D eigenvalue weighted by Gasteiger charge is -2.28. The summed E-state index contributed by atoms with van der Waals surface area (Å²) in [5, 5.41) is 0. The fraction of sp³-hybridized carbons (Fsp3) is 0.625. The molecular formula is C16H27N. The van der Waals surface area contributed by atoms with E-state index in [2.05, 4.69) is 45.0 Å². The molecule has 96 valence electrons. The van der Waals surface area contributed by atoms with Crippen LogP contribution in [-0.4, -0.2) is 10.9 Å². The van der Waals surface area contributed by atoms with E-state index < -0.39 is 0 Å². The van der Waals surface area contributed by atoms with E-state index in [1.54, 1.807) is 0 Å². The fourth-order valence-electron chi connectivity index (χ4n) is 3.01. The van der Waals surface area contributed by atoms with Crippen LogP contribution in [0.2, 0.25) is 0 Å². The molecular weight excluding hydrogens is 206 g/mol. The van der Waals surface area contributed by atoms with Crippen LogP contribution in [0.25, 0.3) is 0 Å². The normalized spacial score (nSPS) is 28.5. The molecule has 1 heteroatoms. The predicted molar refractivity (Wildman–Crippen MR) is 76.6 cm³/mol. The van der Waals surface area contributed by atoms with Crippen molar-refractivity contribution in [1.29, 1.82) is 0 Å². The van der Waals surface area contributed by atoms with E-state index >= 15 is 0 Å². The van der Waals surface area contributed by atoms with Gasteiger partial charge in [0.1, 0.15) is 0 Å². The summed E-state index contributed by atoms with van der Waals surface area (Å²) in [5.74, 6) is 1.74. The van der Waals surface area contributed by atoms with Crippen LogP contribution in [0, 0.1) is 11.8 Å². The third kappa shape index (κ3) is 3.76. The second-order valence-corrected chi connectivity index (χ2v) is 5.37. The van der Waals surface area contributed by atoms with E-state index in [9.17, 15) is 0 Å². The molecule has 0 amide bonds. The molecule has 0 radical (unpaired) electrons. The maximum atomic E-state index is 4.09. The molecule has 0 aromatic heterocycles. The van der Waals surface area contributed by atoms with Gasteiger partial charge in [0.05, 0.1) is 0 Å². The van der Waals surface area contributed by atoms with Gasteiger partial charge in [0.2, 0.25) is 0 Å². The van der Waals surface area contributed by atoms with Gasteiger partial charge >= 0.3 is 0 Å². The molecule has 0 aliphatic heterocycles. The van der Waals surface area contributed by atoms with Crippen molar-refractivity contribution in [3.8, 4) is 0 Å². The maximum absolute atomic E-state index is 4.09. The zero-order valence-electron chi connectivity index (χ0n) is 11.7. The Kier molecular flexibility index (Phi) is 5.54. The zero-order valence-corrected chi connectivity index (χ0v) is 11.7. The topological polar surface area (TPSA) is 3.24 Å². The summed E-state index contributed by atoms with van der Waals surface area (Å²) in [7, 11) is 0. The standard InChI is InChI=1S/C16H27N/c1-6-8-10-17(13(3)4)16-11-14(5)15(12-16)9-7-2/h6,8,10,14-16H,1,3,7,9,11-12H2,2,4-5H3/b10-8-/t14-,15?,16+/m1/s1. The number of nitrogens with zero attached hydrogens (tertiary/aromatic N) is 1. The quantitative estimate of drug-likeness (QED) is 0.599. The highest BCUT2D eigenvalue weighted by molar-refractivity contribution is 5.07. The third-order valence-electron chi connectivity index (χ3n) is 3.90. The van der Waals surface area contributed by atoms with Crippen molar-refractivity contribution < 1.29 is 0 Å². The summed E-state index contributed by atoms with van der Waals surface area (Å²) >= 11 is 0. The van der Waals surface area contributed by atoms with Crippen molar-refractivity contribution >= 4 is 0 Å². The minimum absolute atomic E-state index is 0.634. The second kappa shape index (κ2) is 6.68. The molecule has 0 N–H and O–H groups in total. The number of rotatable bonds is 6. The van der Waals surface area contributed by atoms with Crippen molar-refractivity contribution in [3.63, 3.8) is 0 Å². The van der Waals surface area contributed by atoms with E-state index in [1.807, 2.05) is 12.2 Å². The Morgan fingerprint density at radius 3 is 2.65 bits per heavy atom. The van der Waals surface area contributed by atoms with Crippen molar-refractivity contribution in [2.45, 2.75) is 52.5 Å². The van der Waals surface area contributed by atoms with Crippen LogP contribution in [-0.2, 0) is 0 Å². The highest BCUT2D eigenvalue weighted by Gasteiger charge is 2.33. The van der Waals surface area contributed by atoms with Crippen molar-refractivity contribution in [3.05, 3.63) is 37.2 Å². The summed E-state index contributed by atoms with van der Waals surface area (Å²) in [4.78, 5) is 2.33. The van der Waals surface area contributed by atoms with Gasteiger partial charge in [-0.1, -0.05) is 45.9 Å². The summed E-state index contributed by atoms with van der Waals surface area (Å²) in [6, 6.07) is 0.634. The Balaban J connectivity index is 2.68. The van der Waals surface area contributed by atoms with Gasteiger partial charge in [0.25, 0.3) is 0 Å². The maximum Gasteiger partial charge on any atom is 0.0338 e. The Hall–Kier alpha value is -0.980. The Labute approximate surface area is 107 Å². The van der Waals surface area contributed by atoms with E-state index in [0.717, 1.165) is 17.5 Å². The molecule has 1 rings (SSSR count). The van der Waals surface area contributed by atoms with Crippen LogP contribution in [0.4, 0.5) is 0 Å². The lowest BCUT2D eigenvalue weighted by Crippen LogP contribution is -2.26. The van der Waals surface area contributed by atoms with Crippen molar-refractivity contribution in [2.24, 2.45) is 11.8 Å². The first kappa shape index (κ1) is 14.1. The number of allylic oxidation sites excluding steroid dienone is 3. The molecule has 1 saturated carbocycles. The van der Waals surface area contributed by atoms with Crippen molar-refractivity contribution in [1.82, 2.24) is 4.90 Å². The molecule has 0 aromatic carbocycles. The number of hydrogen-bond donors (Lipinski definition) is 0. The lowest BCUT2D eigenvalue weighted by atomic mass is 9.94. The van der Waals surface area contributed by atoms with Gasteiger partial charge in [-0.25, -0.2) is 0 Å². The van der Waals surface area contributed by atoms with Crippen LogP contribution in [0.3, 0.4) is 0 Å². The van der Waals surface area contributed by atoms with E-state index in [-0.39, 0.29) is 0 Å². The molecule has 17 heavy (non-hydrogen) atoms. The molecule has 1 unspecified atom stereocenters. The molecule has 0 heterocycles. The molecule has 0 bridgehead atoms. The van der Waals surface area contributed by atoms with Gasteiger partial charge in [-0.3, -0.25) is 0 Å². The first-order chi connectivity index (χ1) is 8.10. The summed E-state index contributed by atoms with van der Waals surface area (Å²) in [6.45, 7) is 14.6. The monoisotopic (exact) mass is 233 g/mol. The molecule has 0 aromatic rings. The molecule has 0 saturated heterocycles. The van der Waals surface area contributed by atoms with E-state index in [1.165, 1.54) is 25.7 Å². The predicted octanol–water partition coefficient (Wildman–Crippen LogP) is 4.74.